The molecule has 0 unspecified atom stereocenters. The Hall–Kier alpha value is -3.07. The molecule has 4 heterocycles. The van der Waals surface area contributed by atoms with E-state index in [1.165, 1.54) is 12.1 Å². The van der Waals surface area contributed by atoms with Gasteiger partial charge in [-0.1, -0.05) is 23.2 Å². The Kier molecular flexibility index (Phi) is 6.45. The Balaban J connectivity index is 1.41. The van der Waals surface area contributed by atoms with Crippen LogP contribution in [0.3, 0.4) is 0 Å². The van der Waals surface area contributed by atoms with E-state index in [1.54, 1.807) is 18.7 Å². The van der Waals surface area contributed by atoms with E-state index in [0.717, 1.165) is 48.5 Å². The average Bonchev–Trinajstić information content (AvgIpc) is 3.30. The van der Waals surface area contributed by atoms with Crippen molar-refractivity contribution >= 4 is 45.8 Å². The van der Waals surface area contributed by atoms with Gasteiger partial charge < -0.3 is 25.1 Å². The SMILES string of the molecule is Nc1ncc2c(-c3ccnc(N4CCNCC4)c3)coc2c1OCCc1c(Cl)ccc(F)c1Cl. The lowest BCUT2D eigenvalue weighted by atomic mass is 10.1. The molecule has 1 fully saturated rings. The zero-order valence-electron chi connectivity index (χ0n) is 18.2. The van der Waals surface area contributed by atoms with E-state index in [0.29, 0.717) is 21.9 Å². The minimum Gasteiger partial charge on any atom is -0.486 e. The highest BCUT2D eigenvalue weighted by atomic mass is 35.5. The van der Waals surface area contributed by atoms with Gasteiger partial charge in [-0.15, -0.1) is 0 Å². The lowest BCUT2D eigenvalue weighted by Crippen LogP contribution is -2.43. The molecule has 5 rings (SSSR count). The maximum Gasteiger partial charge on any atom is 0.205 e. The Morgan fingerprint density at radius 2 is 2.00 bits per heavy atom. The highest BCUT2D eigenvalue weighted by Crippen LogP contribution is 2.38. The lowest BCUT2D eigenvalue weighted by Gasteiger charge is -2.28. The van der Waals surface area contributed by atoms with Crippen molar-refractivity contribution in [2.45, 2.75) is 6.42 Å². The van der Waals surface area contributed by atoms with E-state index in [4.69, 9.17) is 38.1 Å². The average molecular weight is 502 g/mol. The number of anilines is 2. The zero-order chi connectivity index (χ0) is 23.7. The summed E-state index contributed by atoms with van der Waals surface area (Å²) in [5.41, 5.74) is 8.87. The molecule has 0 bridgehead atoms. The number of nitrogens with zero attached hydrogens (tertiary/aromatic N) is 3. The summed E-state index contributed by atoms with van der Waals surface area (Å²) in [5.74, 6) is 0.902. The number of benzene rings is 1. The van der Waals surface area contributed by atoms with E-state index in [2.05, 4.69) is 20.2 Å². The van der Waals surface area contributed by atoms with Crippen LogP contribution < -0.4 is 20.7 Å². The maximum absolute atomic E-state index is 13.8. The van der Waals surface area contributed by atoms with E-state index in [9.17, 15) is 4.39 Å². The van der Waals surface area contributed by atoms with Gasteiger partial charge in [-0.2, -0.15) is 0 Å². The first-order valence-corrected chi connectivity index (χ1v) is 11.6. The predicted molar refractivity (Wildman–Crippen MR) is 132 cm³/mol. The summed E-state index contributed by atoms with van der Waals surface area (Å²) in [7, 11) is 0. The summed E-state index contributed by atoms with van der Waals surface area (Å²) in [5, 5.41) is 4.47. The number of hydrogen-bond donors (Lipinski definition) is 2. The molecular formula is C24H22Cl2FN5O2. The van der Waals surface area contributed by atoms with Gasteiger partial charge in [-0.3, -0.25) is 0 Å². The van der Waals surface area contributed by atoms with E-state index in [1.807, 2.05) is 12.1 Å². The Morgan fingerprint density at radius 1 is 1.18 bits per heavy atom. The molecule has 0 amide bonds. The third-order valence-corrected chi connectivity index (χ3v) is 6.60. The number of halogens is 3. The summed E-state index contributed by atoms with van der Waals surface area (Å²) in [4.78, 5) is 11.1. The first kappa shape index (κ1) is 22.7. The summed E-state index contributed by atoms with van der Waals surface area (Å²) >= 11 is 12.2. The number of nitrogens with two attached hydrogens (primary N) is 1. The van der Waals surface area contributed by atoms with Gasteiger partial charge in [0.2, 0.25) is 5.75 Å². The summed E-state index contributed by atoms with van der Waals surface area (Å²) in [6.07, 6.45) is 5.41. The molecular weight excluding hydrogens is 480 g/mol. The molecule has 0 atom stereocenters. The van der Waals surface area contributed by atoms with Crippen LogP contribution in [0, 0.1) is 5.82 Å². The number of rotatable bonds is 6. The van der Waals surface area contributed by atoms with Crippen LogP contribution in [0.15, 0.2) is 47.3 Å². The molecule has 1 aliphatic rings. The fourth-order valence-electron chi connectivity index (χ4n) is 4.05. The number of nitrogen functional groups attached to an aromatic ring is 1. The van der Waals surface area contributed by atoms with Gasteiger partial charge in [0.15, 0.2) is 11.4 Å². The van der Waals surface area contributed by atoms with Crippen molar-refractivity contribution in [3.05, 3.63) is 64.3 Å². The molecule has 0 aliphatic carbocycles. The number of nitrogens with one attached hydrogen (secondary N) is 1. The smallest absolute Gasteiger partial charge is 0.205 e. The highest BCUT2D eigenvalue weighted by molar-refractivity contribution is 6.36. The Bertz CT molecular complexity index is 1340. The Labute approximate surface area is 205 Å². The molecule has 0 saturated carbocycles. The van der Waals surface area contributed by atoms with Gasteiger partial charge in [-0.25, -0.2) is 14.4 Å². The van der Waals surface area contributed by atoms with Gasteiger partial charge in [0.25, 0.3) is 0 Å². The maximum atomic E-state index is 13.8. The van der Waals surface area contributed by atoms with Crippen molar-refractivity contribution in [3.63, 3.8) is 0 Å². The van der Waals surface area contributed by atoms with Crippen molar-refractivity contribution in [1.29, 1.82) is 0 Å². The van der Waals surface area contributed by atoms with Crippen molar-refractivity contribution in [1.82, 2.24) is 15.3 Å². The van der Waals surface area contributed by atoms with Gasteiger partial charge in [0.05, 0.1) is 23.3 Å². The second-order valence-corrected chi connectivity index (χ2v) is 8.71. The number of fused-ring (bicyclic) bond motifs is 1. The fraction of sp³-hybridized carbons (Fsp3) is 0.250. The van der Waals surface area contributed by atoms with E-state index >= 15 is 0 Å². The standard InChI is InChI=1S/C24H22Cl2FN5O2/c25-18-1-2-19(27)21(26)15(18)4-10-33-23-22-16(12-31-24(23)28)17(13-34-22)14-3-5-30-20(11-14)32-8-6-29-7-9-32/h1-3,5,11-13,29H,4,6-10H2,(H2,28,31). The van der Waals surface area contributed by atoms with Crippen LogP contribution in [-0.2, 0) is 6.42 Å². The molecule has 3 N–H and O–H groups in total. The molecule has 7 nitrogen and oxygen atoms in total. The van der Waals surface area contributed by atoms with Crippen LogP contribution in [-0.4, -0.2) is 42.8 Å². The molecule has 1 saturated heterocycles. The largest absolute Gasteiger partial charge is 0.486 e. The Morgan fingerprint density at radius 3 is 2.82 bits per heavy atom. The topological polar surface area (TPSA) is 89.4 Å². The van der Waals surface area contributed by atoms with Crippen LogP contribution in [0.2, 0.25) is 10.0 Å². The molecule has 0 radical (unpaired) electrons. The third kappa shape index (κ3) is 4.36. The molecule has 1 aromatic carbocycles. The number of aromatic nitrogens is 2. The molecule has 4 aromatic rings. The number of pyridine rings is 2. The minimum absolute atomic E-state index is 0.0151. The number of piperazine rings is 1. The van der Waals surface area contributed by atoms with Crippen LogP contribution in [0.25, 0.3) is 22.1 Å². The monoisotopic (exact) mass is 501 g/mol. The predicted octanol–water partition coefficient (Wildman–Crippen LogP) is 4.95. The van der Waals surface area contributed by atoms with Gasteiger partial charge in [0, 0.05) is 55.6 Å². The number of hydrogen-bond acceptors (Lipinski definition) is 7. The lowest BCUT2D eigenvalue weighted by molar-refractivity contribution is 0.321. The molecule has 176 valence electrons. The van der Waals surface area contributed by atoms with Crippen LogP contribution in [0.4, 0.5) is 16.0 Å². The van der Waals surface area contributed by atoms with Crippen molar-refractivity contribution in [2.24, 2.45) is 0 Å². The quantitative estimate of drug-likeness (QED) is 0.361. The number of furan rings is 1. The zero-order valence-corrected chi connectivity index (χ0v) is 19.7. The molecule has 10 heteroatoms. The van der Waals surface area contributed by atoms with Gasteiger partial charge in [0.1, 0.15) is 11.6 Å². The van der Waals surface area contributed by atoms with Gasteiger partial charge in [-0.05, 0) is 35.4 Å². The number of ether oxygens (including phenoxy) is 1. The minimum atomic E-state index is -0.530. The first-order valence-electron chi connectivity index (χ1n) is 10.9. The molecule has 0 spiro atoms. The third-order valence-electron chi connectivity index (χ3n) is 5.84. The highest BCUT2D eigenvalue weighted by Gasteiger charge is 2.19. The van der Waals surface area contributed by atoms with Crippen LogP contribution in [0.5, 0.6) is 5.75 Å². The normalized spacial score (nSPS) is 14.0. The first-order chi connectivity index (χ1) is 16.5. The van der Waals surface area contributed by atoms with Crippen LogP contribution >= 0.6 is 23.2 Å². The van der Waals surface area contributed by atoms with E-state index in [-0.39, 0.29) is 23.9 Å². The summed E-state index contributed by atoms with van der Waals surface area (Å²) in [6.45, 7) is 3.81. The molecule has 1 aliphatic heterocycles. The molecule has 34 heavy (non-hydrogen) atoms. The summed E-state index contributed by atoms with van der Waals surface area (Å²) in [6, 6.07) is 6.67. The van der Waals surface area contributed by atoms with Crippen LogP contribution in [0.1, 0.15) is 5.56 Å². The van der Waals surface area contributed by atoms with Crippen molar-refractivity contribution < 1.29 is 13.5 Å². The summed E-state index contributed by atoms with van der Waals surface area (Å²) < 4.78 is 25.6. The second kappa shape index (κ2) is 9.66. The van der Waals surface area contributed by atoms with Crippen molar-refractivity contribution in [2.75, 3.05) is 43.4 Å². The second-order valence-electron chi connectivity index (χ2n) is 7.92. The van der Waals surface area contributed by atoms with Gasteiger partial charge >= 0.3 is 0 Å². The fourth-order valence-corrected chi connectivity index (χ4v) is 4.61. The molecule has 3 aromatic heterocycles. The van der Waals surface area contributed by atoms with E-state index < -0.39 is 5.82 Å². The van der Waals surface area contributed by atoms with Crippen molar-refractivity contribution in [3.8, 4) is 16.9 Å².